The number of aromatic nitrogens is 2. The molecule has 1 aromatic rings. The summed E-state index contributed by atoms with van der Waals surface area (Å²) in [6.07, 6.45) is 4.96. The lowest BCUT2D eigenvalue weighted by molar-refractivity contribution is 0.0236. The zero-order valence-corrected chi connectivity index (χ0v) is 15.1. The molecular weight excluding hydrogens is 292 g/mol. The van der Waals surface area contributed by atoms with Crippen molar-refractivity contribution in [2.75, 3.05) is 13.1 Å². The molecule has 1 N–H and O–H groups in total. The second kappa shape index (κ2) is 7.34. The second-order valence-electron chi connectivity index (χ2n) is 7.21. The van der Waals surface area contributed by atoms with Crippen LogP contribution >= 0.6 is 0 Å². The lowest BCUT2D eigenvalue weighted by Gasteiger charge is -2.27. The van der Waals surface area contributed by atoms with Gasteiger partial charge in [0, 0.05) is 44.5 Å². The first-order chi connectivity index (χ1) is 10.8. The fourth-order valence-electron chi connectivity index (χ4n) is 2.58. The van der Waals surface area contributed by atoms with Crippen molar-refractivity contribution >= 4 is 6.09 Å². The first-order valence-electron chi connectivity index (χ1n) is 8.52. The third-order valence-corrected chi connectivity index (χ3v) is 3.79. The Labute approximate surface area is 139 Å². The van der Waals surface area contributed by atoms with Crippen molar-refractivity contribution < 1.29 is 9.53 Å². The molecule has 0 saturated heterocycles. The number of aryl methyl sites for hydroxylation is 2. The Morgan fingerprint density at radius 1 is 1.48 bits per heavy atom. The molecular formula is C17H30N4O2. The van der Waals surface area contributed by atoms with Crippen molar-refractivity contribution in [3.8, 4) is 0 Å². The highest BCUT2D eigenvalue weighted by molar-refractivity contribution is 5.69. The molecule has 1 amide bonds. The summed E-state index contributed by atoms with van der Waals surface area (Å²) < 4.78 is 7.36. The minimum atomic E-state index is -0.441. The summed E-state index contributed by atoms with van der Waals surface area (Å²) in [7, 11) is 1.94. The average Bonchev–Trinajstić information content (AvgIpc) is 3.20. The van der Waals surface area contributed by atoms with Crippen LogP contribution in [0.3, 0.4) is 0 Å². The van der Waals surface area contributed by atoms with Crippen LogP contribution in [0.4, 0.5) is 4.79 Å². The Hall–Kier alpha value is -1.56. The quantitative estimate of drug-likeness (QED) is 0.784. The molecule has 23 heavy (non-hydrogen) atoms. The number of carbonyl (C=O) groups excluding carboxylic acids is 1. The van der Waals surface area contributed by atoms with Crippen LogP contribution in [0.5, 0.6) is 0 Å². The Balaban J connectivity index is 1.79. The Morgan fingerprint density at radius 2 is 2.17 bits per heavy atom. The Bertz CT molecular complexity index is 529. The minimum Gasteiger partial charge on any atom is -0.444 e. The highest BCUT2D eigenvalue weighted by Crippen LogP contribution is 2.28. The number of amides is 1. The molecule has 0 aliphatic heterocycles. The number of rotatable bonds is 7. The largest absolute Gasteiger partial charge is 0.444 e. The van der Waals surface area contributed by atoms with Crippen molar-refractivity contribution in [2.45, 2.75) is 65.1 Å². The lowest BCUT2D eigenvalue weighted by atomic mass is 10.2. The van der Waals surface area contributed by atoms with Gasteiger partial charge in [0.25, 0.3) is 0 Å². The van der Waals surface area contributed by atoms with E-state index in [-0.39, 0.29) is 6.09 Å². The monoisotopic (exact) mass is 322 g/mol. The van der Waals surface area contributed by atoms with E-state index < -0.39 is 5.60 Å². The highest BCUT2D eigenvalue weighted by Gasteiger charge is 2.34. The lowest BCUT2D eigenvalue weighted by Crippen LogP contribution is -2.41. The number of ether oxygens (including phenoxy) is 1. The first-order valence-corrected chi connectivity index (χ1v) is 8.52. The van der Waals surface area contributed by atoms with Crippen LogP contribution in [0.2, 0.25) is 0 Å². The number of hydrogen-bond donors (Lipinski definition) is 1. The summed E-state index contributed by atoms with van der Waals surface area (Å²) in [6, 6.07) is 0.358. The van der Waals surface area contributed by atoms with E-state index in [1.807, 2.05) is 37.4 Å². The average molecular weight is 322 g/mol. The summed E-state index contributed by atoms with van der Waals surface area (Å²) in [5.41, 5.74) is 1.92. The van der Waals surface area contributed by atoms with Crippen LogP contribution in [0, 0.1) is 0 Å². The third kappa shape index (κ3) is 5.53. The summed E-state index contributed by atoms with van der Waals surface area (Å²) in [4.78, 5) is 14.1. The number of carbonyl (C=O) groups is 1. The zero-order chi connectivity index (χ0) is 17.0. The van der Waals surface area contributed by atoms with Gasteiger partial charge < -0.3 is 15.0 Å². The van der Waals surface area contributed by atoms with Gasteiger partial charge in [-0.3, -0.25) is 4.68 Å². The maximum absolute atomic E-state index is 12.3. The number of nitrogens with one attached hydrogen (secondary N) is 1. The molecule has 1 saturated carbocycles. The number of hydrogen-bond acceptors (Lipinski definition) is 4. The maximum Gasteiger partial charge on any atom is 0.410 e. The van der Waals surface area contributed by atoms with E-state index in [9.17, 15) is 4.79 Å². The van der Waals surface area contributed by atoms with Crippen LogP contribution < -0.4 is 5.32 Å². The molecule has 6 heteroatoms. The molecule has 0 aromatic carbocycles. The highest BCUT2D eigenvalue weighted by atomic mass is 16.6. The van der Waals surface area contributed by atoms with Crippen molar-refractivity contribution in [2.24, 2.45) is 7.05 Å². The van der Waals surface area contributed by atoms with Gasteiger partial charge in [-0.05, 0) is 40.0 Å². The van der Waals surface area contributed by atoms with Crippen molar-refractivity contribution in [3.63, 3.8) is 0 Å². The van der Waals surface area contributed by atoms with Crippen LogP contribution in [0.15, 0.2) is 6.20 Å². The van der Waals surface area contributed by atoms with Gasteiger partial charge in [-0.2, -0.15) is 5.10 Å². The maximum atomic E-state index is 12.3. The fraction of sp³-hybridized carbons (Fsp3) is 0.765. The predicted octanol–water partition coefficient (Wildman–Crippen LogP) is 2.47. The molecule has 130 valence electrons. The van der Waals surface area contributed by atoms with Crippen molar-refractivity contribution in [3.05, 3.63) is 17.5 Å². The van der Waals surface area contributed by atoms with Crippen LogP contribution in [-0.2, 0) is 24.8 Å². The zero-order valence-electron chi connectivity index (χ0n) is 15.1. The molecule has 1 fully saturated rings. The second-order valence-corrected chi connectivity index (χ2v) is 7.21. The van der Waals surface area contributed by atoms with Crippen LogP contribution in [-0.4, -0.2) is 45.5 Å². The van der Waals surface area contributed by atoms with Gasteiger partial charge in [0.05, 0.1) is 5.69 Å². The molecule has 1 aliphatic rings. The SMILES string of the molecule is CCc1nn(C)cc1CNCCN(C(=O)OC(C)(C)C)C1CC1. The van der Waals surface area contributed by atoms with E-state index in [1.54, 1.807) is 0 Å². The van der Waals surface area contributed by atoms with E-state index in [0.29, 0.717) is 12.6 Å². The normalized spacial score (nSPS) is 14.8. The van der Waals surface area contributed by atoms with Crippen molar-refractivity contribution in [1.29, 1.82) is 0 Å². The van der Waals surface area contributed by atoms with Gasteiger partial charge in [-0.15, -0.1) is 0 Å². The Kier molecular flexibility index (Phi) is 5.68. The van der Waals surface area contributed by atoms with Gasteiger partial charge in [0.15, 0.2) is 0 Å². The van der Waals surface area contributed by atoms with Gasteiger partial charge in [-0.25, -0.2) is 4.79 Å². The summed E-state index contributed by atoms with van der Waals surface area (Å²) in [6.45, 7) is 10.1. The van der Waals surface area contributed by atoms with E-state index in [2.05, 4.69) is 23.5 Å². The predicted molar refractivity (Wildman–Crippen MR) is 90.3 cm³/mol. The van der Waals surface area contributed by atoms with E-state index in [1.165, 1.54) is 5.56 Å². The molecule has 0 unspecified atom stereocenters. The van der Waals surface area contributed by atoms with Gasteiger partial charge >= 0.3 is 6.09 Å². The smallest absolute Gasteiger partial charge is 0.410 e. The van der Waals surface area contributed by atoms with Gasteiger partial charge in [-0.1, -0.05) is 6.92 Å². The molecule has 0 radical (unpaired) electrons. The number of nitrogens with zero attached hydrogens (tertiary/aromatic N) is 3. The first kappa shape index (κ1) is 17.8. The third-order valence-electron chi connectivity index (χ3n) is 3.79. The minimum absolute atomic E-state index is 0.197. The molecule has 2 rings (SSSR count). The van der Waals surface area contributed by atoms with Crippen LogP contribution in [0.25, 0.3) is 0 Å². The Morgan fingerprint density at radius 3 is 2.74 bits per heavy atom. The standard InChI is InChI=1S/C17H30N4O2/c1-6-15-13(12-20(5)19-15)11-18-9-10-21(14-7-8-14)16(22)23-17(2,3)4/h12,14,18H,6-11H2,1-5H3. The van der Waals surface area contributed by atoms with Crippen molar-refractivity contribution in [1.82, 2.24) is 20.0 Å². The molecule has 1 heterocycles. The molecule has 6 nitrogen and oxygen atoms in total. The van der Waals surface area contributed by atoms with Gasteiger partial charge in [0.2, 0.25) is 0 Å². The molecule has 0 bridgehead atoms. The molecule has 1 aliphatic carbocycles. The molecule has 0 spiro atoms. The summed E-state index contributed by atoms with van der Waals surface area (Å²) in [5, 5.41) is 7.86. The fourth-order valence-corrected chi connectivity index (χ4v) is 2.58. The van der Waals surface area contributed by atoms with Gasteiger partial charge in [0.1, 0.15) is 5.60 Å². The topological polar surface area (TPSA) is 59.4 Å². The van der Waals surface area contributed by atoms with E-state index in [4.69, 9.17) is 4.74 Å². The van der Waals surface area contributed by atoms with E-state index >= 15 is 0 Å². The molecule has 1 aromatic heterocycles. The molecule has 0 atom stereocenters. The summed E-state index contributed by atoms with van der Waals surface area (Å²) in [5.74, 6) is 0. The van der Waals surface area contributed by atoms with E-state index in [0.717, 1.165) is 38.0 Å². The summed E-state index contributed by atoms with van der Waals surface area (Å²) >= 11 is 0. The van der Waals surface area contributed by atoms with Crippen LogP contribution in [0.1, 0.15) is 51.8 Å².